The minimum Gasteiger partial charge on any atom is -0.494 e. The molecule has 2 heterocycles. The van der Waals surface area contributed by atoms with Crippen LogP contribution in [0.5, 0.6) is 5.75 Å². The summed E-state index contributed by atoms with van der Waals surface area (Å²) in [6, 6.07) is 8.47. The number of nitrogen functional groups attached to an aromatic ring is 2. The van der Waals surface area contributed by atoms with E-state index < -0.39 is 6.04 Å². The molecule has 1 atom stereocenters. The molecule has 1 aromatic heterocycles. The Kier molecular flexibility index (Phi) is 6.93. The molecule has 164 valence electrons. The van der Waals surface area contributed by atoms with Gasteiger partial charge >= 0.3 is 5.97 Å². The smallest absolute Gasteiger partial charge is 0.305 e. The van der Waals surface area contributed by atoms with Crippen LogP contribution in [-0.2, 0) is 9.53 Å². The number of nitrogens with one attached hydrogen (secondary N) is 2. The number of rotatable bonds is 7. The molecular weight excluding hydrogens is 412 g/mol. The molecule has 11 nitrogen and oxygen atoms in total. The number of aromatic nitrogens is 1. The van der Waals surface area contributed by atoms with Gasteiger partial charge in [-0.3, -0.25) is 10.1 Å². The van der Waals surface area contributed by atoms with Crippen LogP contribution in [0.25, 0.3) is 0 Å². The summed E-state index contributed by atoms with van der Waals surface area (Å²) in [7, 11) is 0. The van der Waals surface area contributed by atoms with Gasteiger partial charge in [0.15, 0.2) is 6.19 Å². The van der Waals surface area contributed by atoms with Gasteiger partial charge in [-0.15, -0.1) is 0 Å². The third-order valence-corrected chi connectivity index (χ3v) is 4.65. The average molecular weight is 434 g/mol. The predicted octanol–water partition coefficient (Wildman–Crippen LogP) is 1.78. The molecule has 1 aromatic carbocycles. The molecule has 0 amide bonds. The maximum absolute atomic E-state index is 11.4. The second kappa shape index (κ2) is 10.00. The van der Waals surface area contributed by atoms with Gasteiger partial charge in [0.05, 0.1) is 18.9 Å². The van der Waals surface area contributed by atoms with Crippen molar-refractivity contribution in [2.24, 2.45) is 4.99 Å². The first-order valence-electron chi connectivity index (χ1n) is 9.85. The third kappa shape index (κ3) is 4.79. The summed E-state index contributed by atoms with van der Waals surface area (Å²) in [6.45, 7) is 2.49. The Morgan fingerprint density at radius 3 is 2.69 bits per heavy atom. The number of hydrogen-bond acceptors (Lipinski definition) is 11. The predicted molar refractivity (Wildman–Crippen MR) is 117 cm³/mol. The first-order valence-corrected chi connectivity index (χ1v) is 9.85. The van der Waals surface area contributed by atoms with Gasteiger partial charge in [0.1, 0.15) is 35.1 Å². The molecule has 0 saturated heterocycles. The lowest BCUT2D eigenvalue weighted by molar-refractivity contribution is -0.143. The fourth-order valence-corrected chi connectivity index (χ4v) is 3.21. The molecule has 1 aliphatic rings. The van der Waals surface area contributed by atoms with Crippen molar-refractivity contribution in [3.63, 3.8) is 0 Å². The Morgan fingerprint density at radius 1 is 1.28 bits per heavy atom. The van der Waals surface area contributed by atoms with Crippen LogP contribution in [0.3, 0.4) is 0 Å². The molecule has 0 bridgehead atoms. The van der Waals surface area contributed by atoms with Gasteiger partial charge in [0.2, 0.25) is 5.96 Å². The molecule has 0 fully saturated rings. The van der Waals surface area contributed by atoms with E-state index in [2.05, 4.69) is 20.6 Å². The zero-order chi connectivity index (χ0) is 23.1. The molecule has 1 aliphatic heterocycles. The van der Waals surface area contributed by atoms with E-state index >= 15 is 0 Å². The standard InChI is InChI=1S/C21H22N8O3/c1-2-31-15(30)4-3-9-32-13-7-5-12(6-8-13)18-16-17(24)14(10-22)19(25)28-20(16)29-21(27-18)26-11-23/h5-8,18H,2-4,9H2,1H3,(H6,24,25,26,27,28,29). The Hall–Kier alpha value is -4.51. The summed E-state index contributed by atoms with van der Waals surface area (Å²) in [5.41, 5.74) is 13.5. The van der Waals surface area contributed by atoms with Crippen molar-refractivity contribution in [2.75, 3.05) is 30.0 Å². The highest BCUT2D eigenvalue weighted by molar-refractivity contribution is 5.98. The number of anilines is 3. The molecule has 2 aromatic rings. The summed E-state index contributed by atoms with van der Waals surface area (Å²) in [4.78, 5) is 20.1. The monoisotopic (exact) mass is 434 g/mol. The van der Waals surface area contributed by atoms with Crippen LogP contribution in [0.15, 0.2) is 29.3 Å². The second-order valence-electron chi connectivity index (χ2n) is 6.73. The molecular formula is C21H22N8O3. The first kappa shape index (κ1) is 22.2. The summed E-state index contributed by atoms with van der Waals surface area (Å²) in [5, 5.41) is 23.7. The van der Waals surface area contributed by atoms with Crippen molar-refractivity contribution in [1.82, 2.24) is 10.3 Å². The van der Waals surface area contributed by atoms with Crippen molar-refractivity contribution in [2.45, 2.75) is 25.8 Å². The zero-order valence-corrected chi connectivity index (χ0v) is 17.4. The molecule has 6 N–H and O–H groups in total. The topological polar surface area (TPSA) is 184 Å². The number of benzene rings is 1. The van der Waals surface area contributed by atoms with Crippen molar-refractivity contribution in [3.8, 4) is 18.0 Å². The van der Waals surface area contributed by atoms with Gasteiger partial charge < -0.3 is 26.3 Å². The minimum atomic E-state index is -0.625. The quantitative estimate of drug-likeness (QED) is 0.217. The van der Waals surface area contributed by atoms with E-state index in [-0.39, 0.29) is 35.4 Å². The normalized spacial score (nSPS) is 14.1. The molecule has 0 radical (unpaired) electrons. The summed E-state index contributed by atoms with van der Waals surface area (Å²) in [5.74, 6) is 0.850. The van der Waals surface area contributed by atoms with Crippen molar-refractivity contribution < 1.29 is 14.3 Å². The van der Waals surface area contributed by atoms with Crippen LogP contribution in [0, 0.1) is 22.8 Å². The highest BCUT2D eigenvalue weighted by Crippen LogP contribution is 2.40. The number of nitriles is 2. The van der Waals surface area contributed by atoms with E-state index in [0.29, 0.717) is 36.8 Å². The van der Waals surface area contributed by atoms with Gasteiger partial charge in [-0.25, -0.2) is 9.98 Å². The highest BCUT2D eigenvalue weighted by atomic mass is 16.5. The lowest BCUT2D eigenvalue weighted by Gasteiger charge is -2.26. The third-order valence-electron chi connectivity index (χ3n) is 4.65. The number of guanidine groups is 1. The Bertz CT molecular complexity index is 1120. The number of nitrogens with zero attached hydrogens (tertiary/aromatic N) is 4. The lowest BCUT2D eigenvalue weighted by Crippen LogP contribution is -2.32. The van der Waals surface area contributed by atoms with Gasteiger partial charge in [0.25, 0.3) is 0 Å². The average Bonchev–Trinajstić information content (AvgIpc) is 2.77. The molecule has 0 spiro atoms. The van der Waals surface area contributed by atoms with Crippen molar-refractivity contribution in [1.29, 1.82) is 10.5 Å². The maximum Gasteiger partial charge on any atom is 0.305 e. The first-order chi connectivity index (χ1) is 15.5. The molecule has 3 rings (SSSR count). The molecule has 11 heteroatoms. The summed E-state index contributed by atoms with van der Waals surface area (Å²) in [6.07, 6.45) is 2.63. The number of fused-ring (bicyclic) bond motifs is 1. The fourth-order valence-electron chi connectivity index (χ4n) is 3.21. The number of nitrogens with two attached hydrogens (primary N) is 2. The van der Waals surface area contributed by atoms with Crippen LogP contribution in [-0.4, -0.2) is 30.1 Å². The van der Waals surface area contributed by atoms with Crippen molar-refractivity contribution >= 4 is 29.3 Å². The zero-order valence-electron chi connectivity index (χ0n) is 17.4. The Morgan fingerprint density at radius 2 is 2.03 bits per heavy atom. The number of pyridine rings is 1. The SMILES string of the molecule is CCOC(=O)CCCOc1ccc(C2N=C(NC#N)Nc3nc(N)c(C#N)c(N)c32)cc1. The maximum atomic E-state index is 11.4. The van der Waals surface area contributed by atoms with E-state index in [4.69, 9.17) is 26.2 Å². The van der Waals surface area contributed by atoms with Crippen molar-refractivity contribution in [3.05, 3.63) is 41.0 Å². The number of esters is 1. The molecule has 32 heavy (non-hydrogen) atoms. The van der Waals surface area contributed by atoms with E-state index in [1.54, 1.807) is 37.4 Å². The van der Waals surface area contributed by atoms with Gasteiger partial charge in [0, 0.05) is 12.0 Å². The molecule has 0 aliphatic carbocycles. The molecule has 1 unspecified atom stereocenters. The number of aliphatic imine (C=N–C) groups is 1. The number of carbonyl (C=O) groups excluding carboxylic acids is 1. The number of hydrogen-bond donors (Lipinski definition) is 4. The summed E-state index contributed by atoms with van der Waals surface area (Å²) >= 11 is 0. The number of ether oxygens (including phenoxy) is 2. The van der Waals surface area contributed by atoms with Crippen LogP contribution in [0.4, 0.5) is 17.3 Å². The van der Waals surface area contributed by atoms with Gasteiger partial charge in [-0.05, 0) is 31.0 Å². The van der Waals surface area contributed by atoms with E-state index in [1.165, 1.54) is 0 Å². The Labute approximate surface area is 184 Å². The van der Waals surface area contributed by atoms with Crippen LogP contribution >= 0.6 is 0 Å². The largest absolute Gasteiger partial charge is 0.494 e. The van der Waals surface area contributed by atoms with Crippen LogP contribution in [0.1, 0.15) is 42.5 Å². The Balaban J connectivity index is 1.82. The van der Waals surface area contributed by atoms with Gasteiger partial charge in [-0.2, -0.15) is 10.5 Å². The molecule has 0 saturated carbocycles. The van der Waals surface area contributed by atoms with E-state index in [1.807, 2.05) is 6.07 Å². The van der Waals surface area contributed by atoms with Crippen LogP contribution in [0.2, 0.25) is 0 Å². The highest BCUT2D eigenvalue weighted by Gasteiger charge is 2.29. The lowest BCUT2D eigenvalue weighted by atomic mass is 9.95. The van der Waals surface area contributed by atoms with E-state index in [9.17, 15) is 10.1 Å². The van der Waals surface area contributed by atoms with Gasteiger partial charge in [-0.1, -0.05) is 12.1 Å². The second-order valence-corrected chi connectivity index (χ2v) is 6.73. The minimum absolute atomic E-state index is 0.0141. The number of carbonyl (C=O) groups is 1. The van der Waals surface area contributed by atoms with E-state index in [0.717, 1.165) is 5.56 Å². The summed E-state index contributed by atoms with van der Waals surface area (Å²) < 4.78 is 10.6. The fraction of sp³-hybridized carbons (Fsp3) is 0.286. The van der Waals surface area contributed by atoms with Crippen LogP contribution < -0.4 is 26.8 Å².